The Balaban J connectivity index is 2.10. The number of ether oxygens (including phenoxy) is 1. The van der Waals surface area contributed by atoms with Crippen molar-refractivity contribution in [3.05, 3.63) is 48.7 Å². The van der Waals surface area contributed by atoms with Crippen LogP contribution in [0.3, 0.4) is 0 Å². The molecule has 0 saturated heterocycles. The van der Waals surface area contributed by atoms with Crippen molar-refractivity contribution >= 4 is 28.9 Å². The maximum absolute atomic E-state index is 11.6. The van der Waals surface area contributed by atoms with E-state index in [0.717, 1.165) is 6.54 Å². The summed E-state index contributed by atoms with van der Waals surface area (Å²) >= 11 is 0. The van der Waals surface area contributed by atoms with Crippen molar-refractivity contribution in [3.63, 3.8) is 0 Å². The Kier molecular flexibility index (Phi) is 8.26. The molecule has 0 spiro atoms. The molecule has 154 valence electrons. The second-order valence-corrected chi connectivity index (χ2v) is 6.55. The van der Waals surface area contributed by atoms with Crippen molar-refractivity contribution in [3.8, 4) is 5.75 Å². The van der Waals surface area contributed by atoms with Crippen LogP contribution < -0.4 is 21.5 Å². The van der Waals surface area contributed by atoms with E-state index < -0.39 is 0 Å². The smallest absolute Gasteiger partial charge is 0.226 e. The van der Waals surface area contributed by atoms with E-state index in [0.29, 0.717) is 35.1 Å². The van der Waals surface area contributed by atoms with Gasteiger partial charge in [-0.15, -0.1) is 10.2 Å². The largest absolute Gasteiger partial charge is 0.460 e. The molecular weight excluding hydrogens is 370 g/mol. The molecule has 1 amide bonds. The highest BCUT2D eigenvalue weighted by atomic mass is 16.5. The number of nitrogens with one attached hydrogen (secondary N) is 1. The number of amides is 1. The summed E-state index contributed by atoms with van der Waals surface area (Å²) in [5.41, 5.74) is 12.2. The van der Waals surface area contributed by atoms with Crippen molar-refractivity contribution < 1.29 is 9.53 Å². The standard InChI is InChI=1S/C20H27N7O2/c1-14(11-13-27(2)3)29-17-7-5-4-6-15(17)25-26-16-8-9-18(24-20(16)22)23-19(28)10-12-21/h4-9H,1,10-13,21H2,2-3H3,(H3,22,23,24,28)/b26-25+. The number of rotatable bonds is 10. The summed E-state index contributed by atoms with van der Waals surface area (Å²) in [6.45, 7) is 5.04. The van der Waals surface area contributed by atoms with Gasteiger partial charge in [0.1, 0.15) is 17.2 Å². The van der Waals surface area contributed by atoms with Gasteiger partial charge >= 0.3 is 0 Å². The molecule has 1 aromatic carbocycles. The molecule has 0 aliphatic heterocycles. The highest BCUT2D eigenvalue weighted by Gasteiger charge is 2.08. The first-order valence-corrected chi connectivity index (χ1v) is 9.16. The average molecular weight is 397 g/mol. The highest BCUT2D eigenvalue weighted by Crippen LogP contribution is 2.31. The SMILES string of the molecule is C=C(CCN(C)C)Oc1ccccc1/N=N/c1ccc(NC(=O)CCN)nc1N. The van der Waals surface area contributed by atoms with Gasteiger partial charge in [-0.2, -0.15) is 0 Å². The van der Waals surface area contributed by atoms with E-state index in [1.54, 1.807) is 24.3 Å². The number of pyridine rings is 1. The van der Waals surface area contributed by atoms with E-state index in [-0.39, 0.29) is 24.7 Å². The first-order chi connectivity index (χ1) is 13.9. The fraction of sp³-hybridized carbons (Fsp3) is 0.300. The monoisotopic (exact) mass is 397 g/mol. The van der Waals surface area contributed by atoms with Crippen molar-refractivity contribution in [1.29, 1.82) is 0 Å². The molecule has 5 N–H and O–H groups in total. The molecule has 0 unspecified atom stereocenters. The molecule has 9 nitrogen and oxygen atoms in total. The third-order valence-electron chi connectivity index (χ3n) is 3.76. The van der Waals surface area contributed by atoms with Crippen molar-refractivity contribution in [2.24, 2.45) is 16.0 Å². The summed E-state index contributed by atoms with van der Waals surface area (Å²) in [6, 6.07) is 10.5. The lowest BCUT2D eigenvalue weighted by molar-refractivity contribution is -0.116. The molecule has 1 heterocycles. The van der Waals surface area contributed by atoms with Crippen molar-refractivity contribution in [1.82, 2.24) is 9.88 Å². The molecule has 0 aliphatic carbocycles. The number of benzene rings is 1. The molecule has 2 rings (SSSR count). The molecule has 0 atom stereocenters. The third-order valence-corrected chi connectivity index (χ3v) is 3.76. The number of hydrogen-bond acceptors (Lipinski definition) is 8. The molecule has 0 fully saturated rings. The lowest BCUT2D eigenvalue weighted by atomic mass is 10.3. The Morgan fingerprint density at radius 3 is 2.59 bits per heavy atom. The third kappa shape index (κ3) is 7.32. The van der Waals surface area contributed by atoms with Crippen LogP contribution in [0.15, 0.2) is 59.0 Å². The van der Waals surface area contributed by atoms with E-state index >= 15 is 0 Å². The van der Waals surface area contributed by atoms with Gasteiger partial charge in [-0.3, -0.25) is 4.79 Å². The summed E-state index contributed by atoms with van der Waals surface area (Å²) in [6.07, 6.45) is 0.909. The lowest BCUT2D eigenvalue weighted by Crippen LogP contribution is -2.17. The van der Waals surface area contributed by atoms with Gasteiger partial charge in [0, 0.05) is 25.9 Å². The van der Waals surface area contributed by atoms with E-state index in [9.17, 15) is 4.79 Å². The molecule has 0 radical (unpaired) electrons. The first kappa shape index (κ1) is 22.0. The topological polar surface area (TPSA) is 131 Å². The Hall–Kier alpha value is -3.30. The quantitative estimate of drug-likeness (QED) is 0.417. The number of anilines is 2. The van der Waals surface area contributed by atoms with Gasteiger partial charge in [0.05, 0.1) is 5.76 Å². The zero-order valence-electron chi connectivity index (χ0n) is 16.8. The minimum atomic E-state index is -0.227. The fourth-order valence-electron chi connectivity index (χ4n) is 2.25. The van der Waals surface area contributed by atoms with E-state index in [1.807, 2.05) is 26.2 Å². The van der Waals surface area contributed by atoms with Gasteiger partial charge in [0.25, 0.3) is 0 Å². The van der Waals surface area contributed by atoms with Crippen molar-refractivity contribution in [2.45, 2.75) is 12.8 Å². The van der Waals surface area contributed by atoms with Crippen LogP contribution in [-0.4, -0.2) is 43.0 Å². The summed E-state index contributed by atoms with van der Waals surface area (Å²) in [5.74, 6) is 1.44. The van der Waals surface area contributed by atoms with Gasteiger partial charge < -0.3 is 26.4 Å². The van der Waals surface area contributed by atoms with Crippen LogP contribution in [-0.2, 0) is 4.79 Å². The van der Waals surface area contributed by atoms with Gasteiger partial charge in [-0.25, -0.2) is 4.98 Å². The van der Waals surface area contributed by atoms with Gasteiger partial charge in [0.2, 0.25) is 5.91 Å². The summed E-state index contributed by atoms with van der Waals surface area (Å²) in [4.78, 5) is 17.8. The minimum Gasteiger partial charge on any atom is -0.460 e. The molecule has 0 aliphatic rings. The molecule has 9 heteroatoms. The van der Waals surface area contributed by atoms with Crippen LogP contribution in [0.2, 0.25) is 0 Å². The second kappa shape index (κ2) is 10.9. The first-order valence-electron chi connectivity index (χ1n) is 9.16. The maximum atomic E-state index is 11.6. The van der Waals surface area contributed by atoms with E-state index in [4.69, 9.17) is 16.2 Å². The highest BCUT2D eigenvalue weighted by molar-refractivity contribution is 5.90. The number of azo groups is 1. The number of carbonyl (C=O) groups is 1. The summed E-state index contributed by atoms with van der Waals surface area (Å²) in [5, 5.41) is 11.0. The van der Waals surface area contributed by atoms with Crippen LogP contribution >= 0.6 is 0 Å². The molecule has 0 saturated carbocycles. The van der Waals surface area contributed by atoms with Crippen LogP contribution in [0.1, 0.15) is 12.8 Å². The number of aromatic nitrogens is 1. The Labute approximate surface area is 170 Å². The maximum Gasteiger partial charge on any atom is 0.226 e. The number of nitrogen functional groups attached to an aromatic ring is 1. The summed E-state index contributed by atoms with van der Waals surface area (Å²) < 4.78 is 5.82. The number of hydrogen-bond donors (Lipinski definition) is 3. The van der Waals surface area contributed by atoms with Crippen molar-refractivity contribution in [2.75, 3.05) is 38.2 Å². The summed E-state index contributed by atoms with van der Waals surface area (Å²) in [7, 11) is 3.98. The predicted molar refractivity (Wildman–Crippen MR) is 115 cm³/mol. The van der Waals surface area contributed by atoms with Crippen LogP contribution in [0.4, 0.5) is 23.0 Å². The zero-order chi connectivity index (χ0) is 21.2. The van der Waals surface area contributed by atoms with Crippen LogP contribution in [0.5, 0.6) is 5.75 Å². The predicted octanol–water partition coefficient (Wildman–Crippen LogP) is 3.21. The number of nitrogens with zero attached hydrogens (tertiary/aromatic N) is 4. The van der Waals surface area contributed by atoms with E-state index in [1.165, 1.54) is 0 Å². The van der Waals surface area contributed by atoms with Crippen LogP contribution in [0, 0.1) is 0 Å². The normalized spacial score (nSPS) is 11.0. The molecular formula is C20H27N7O2. The number of para-hydroxylation sites is 1. The minimum absolute atomic E-state index is 0.146. The fourth-order valence-corrected chi connectivity index (χ4v) is 2.25. The van der Waals surface area contributed by atoms with Gasteiger partial charge in [-0.05, 0) is 38.4 Å². The number of carbonyl (C=O) groups excluding carboxylic acids is 1. The Morgan fingerprint density at radius 2 is 1.90 bits per heavy atom. The molecule has 29 heavy (non-hydrogen) atoms. The van der Waals surface area contributed by atoms with E-state index in [2.05, 4.69) is 32.0 Å². The Bertz CT molecular complexity index is 881. The van der Waals surface area contributed by atoms with Crippen LogP contribution in [0.25, 0.3) is 0 Å². The van der Waals surface area contributed by atoms with Gasteiger partial charge in [-0.1, -0.05) is 18.7 Å². The zero-order valence-corrected chi connectivity index (χ0v) is 16.8. The Morgan fingerprint density at radius 1 is 1.17 bits per heavy atom. The molecule has 1 aromatic heterocycles. The molecule has 0 bridgehead atoms. The second-order valence-electron chi connectivity index (χ2n) is 6.55. The average Bonchev–Trinajstić information content (AvgIpc) is 2.67. The van der Waals surface area contributed by atoms with Gasteiger partial charge in [0.15, 0.2) is 11.6 Å². The molecule has 2 aromatic rings. The lowest BCUT2D eigenvalue weighted by Gasteiger charge is -2.13. The number of nitrogens with two attached hydrogens (primary N) is 2.